The van der Waals surface area contributed by atoms with Gasteiger partial charge in [-0.25, -0.2) is 13.9 Å². The normalized spacial score (nSPS) is 16.8. The maximum Gasteiger partial charge on any atom is 0.472 e. The lowest BCUT2D eigenvalue weighted by molar-refractivity contribution is 0.0408. The quantitative estimate of drug-likeness (QED) is 0.449. The Hall–Kier alpha value is -0.620. The maximum atomic E-state index is 10.7. The summed E-state index contributed by atoms with van der Waals surface area (Å²) >= 11 is 0. The molecular formula is C5H9NO6P. The van der Waals surface area contributed by atoms with Gasteiger partial charge in [0.2, 0.25) is 6.79 Å². The zero-order valence-corrected chi connectivity index (χ0v) is 7.49. The molecule has 8 heteroatoms. The molecule has 1 fully saturated rings. The summed E-state index contributed by atoms with van der Waals surface area (Å²) in [5.41, 5.74) is 0. The van der Waals surface area contributed by atoms with Crippen LogP contribution in [0.1, 0.15) is 12.8 Å². The number of ether oxygens (including phenoxy) is 1. The first kappa shape index (κ1) is 10.5. The third kappa shape index (κ3) is 5.59. The van der Waals surface area contributed by atoms with E-state index in [1.807, 2.05) is 0 Å². The van der Waals surface area contributed by atoms with Gasteiger partial charge in [0.05, 0.1) is 6.04 Å². The Morgan fingerprint density at radius 2 is 2.15 bits per heavy atom. The van der Waals surface area contributed by atoms with Crippen molar-refractivity contribution in [2.45, 2.75) is 12.8 Å². The smallest absolute Gasteiger partial charge is 0.422 e. The second kappa shape index (κ2) is 4.06. The van der Waals surface area contributed by atoms with E-state index in [-0.39, 0.29) is 0 Å². The van der Waals surface area contributed by atoms with Crippen LogP contribution >= 0.6 is 7.82 Å². The molecule has 1 saturated carbocycles. The second-order valence-corrected chi connectivity index (χ2v) is 3.64. The minimum Gasteiger partial charge on any atom is -0.422 e. The fourth-order valence-electron chi connectivity index (χ4n) is 0.516. The molecule has 13 heavy (non-hydrogen) atoms. The first-order valence-electron chi connectivity index (χ1n) is 3.46. The SMILES string of the molecule is O=C(N[C]1CC1)OCOP(=O)(O)O. The summed E-state index contributed by atoms with van der Waals surface area (Å²) in [6.45, 7) is -0.761. The van der Waals surface area contributed by atoms with Gasteiger partial charge in [-0.2, -0.15) is 0 Å². The van der Waals surface area contributed by atoms with E-state index in [1.54, 1.807) is 0 Å². The molecule has 0 bridgehead atoms. The fourth-order valence-corrected chi connectivity index (χ4v) is 0.706. The van der Waals surface area contributed by atoms with Gasteiger partial charge in [-0.3, -0.25) is 0 Å². The maximum absolute atomic E-state index is 10.7. The Morgan fingerprint density at radius 1 is 1.54 bits per heavy atom. The number of carbonyl (C=O) groups excluding carboxylic acids is 1. The molecule has 1 rings (SSSR count). The van der Waals surface area contributed by atoms with Crippen LogP contribution in [-0.2, 0) is 13.8 Å². The minimum absolute atomic E-state index is 0.761. The highest BCUT2D eigenvalue weighted by Crippen LogP contribution is 2.35. The Bertz CT molecular complexity index is 233. The highest BCUT2D eigenvalue weighted by Gasteiger charge is 2.25. The summed E-state index contributed by atoms with van der Waals surface area (Å²) < 4.78 is 18.3. The molecule has 1 radical (unpaired) electrons. The summed E-state index contributed by atoms with van der Waals surface area (Å²) in [4.78, 5) is 27.1. The van der Waals surface area contributed by atoms with Gasteiger partial charge in [-0.15, -0.1) is 0 Å². The van der Waals surface area contributed by atoms with Crippen LogP contribution in [0.3, 0.4) is 0 Å². The zero-order chi connectivity index (χ0) is 9.90. The van der Waals surface area contributed by atoms with Gasteiger partial charge < -0.3 is 19.8 Å². The Balaban J connectivity index is 2.04. The van der Waals surface area contributed by atoms with Crippen molar-refractivity contribution in [1.29, 1.82) is 0 Å². The van der Waals surface area contributed by atoms with E-state index < -0.39 is 20.7 Å². The van der Waals surface area contributed by atoms with Gasteiger partial charge in [0.1, 0.15) is 0 Å². The van der Waals surface area contributed by atoms with Gasteiger partial charge in [0, 0.05) is 0 Å². The average molecular weight is 210 g/mol. The van der Waals surface area contributed by atoms with Crippen LogP contribution in [0, 0.1) is 6.04 Å². The van der Waals surface area contributed by atoms with Crippen LogP contribution in [0.5, 0.6) is 0 Å². The summed E-state index contributed by atoms with van der Waals surface area (Å²) in [6, 6.07) is 0.848. The first-order chi connectivity index (χ1) is 5.97. The van der Waals surface area contributed by atoms with E-state index in [9.17, 15) is 9.36 Å². The summed E-state index contributed by atoms with van der Waals surface area (Å²) in [7, 11) is -4.55. The molecule has 1 aliphatic rings. The summed E-state index contributed by atoms with van der Waals surface area (Å²) in [5, 5.41) is 2.36. The lowest BCUT2D eigenvalue weighted by atomic mass is 10.7. The van der Waals surface area contributed by atoms with Crippen molar-refractivity contribution in [1.82, 2.24) is 5.32 Å². The van der Waals surface area contributed by atoms with Crippen LogP contribution in [-0.4, -0.2) is 22.7 Å². The van der Waals surface area contributed by atoms with Crippen LogP contribution in [0.15, 0.2) is 0 Å². The second-order valence-electron chi connectivity index (χ2n) is 2.40. The van der Waals surface area contributed by atoms with E-state index in [0.29, 0.717) is 0 Å². The van der Waals surface area contributed by atoms with Crippen LogP contribution in [0.25, 0.3) is 0 Å². The minimum atomic E-state index is -4.55. The molecule has 0 unspecified atom stereocenters. The van der Waals surface area contributed by atoms with Crippen molar-refractivity contribution in [3.8, 4) is 0 Å². The van der Waals surface area contributed by atoms with Crippen molar-refractivity contribution in [2.24, 2.45) is 0 Å². The number of hydrogen-bond acceptors (Lipinski definition) is 4. The van der Waals surface area contributed by atoms with Gasteiger partial charge >= 0.3 is 13.9 Å². The molecule has 0 aromatic rings. The van der Waals surface area contributed by atoms with Crippen molar-refractivity contribution in [3.63, 3.8) is 0 Å². The van der Waals surface area contributed by atoms with Crippen molar-refractivity contribution < 1.29 is 28.4 Å². The lowest BCUT2D eigenvalue weighted by Crippen LogP contribution is -2.23. The topological polar surface area (TPSA) is 105 Å². The van der Waals surface area contributed by atoms with Crippen LogP contribution in [0.4, 0.5) is 4.79 Å². The molecule has 1 aliphatic carbocycles. The van der Waals surface area contributed by atoms with Crippen molar-refractivity contribution in [3.05, 3.63) is 6.04 Å². The number of phosphoric ester groups is 1. The van der Waals surface area contributed by atoms with E-state index in [0.717, 1.165) is 18.9 Å². The molecule has 7 nitrogen and oxygen atoms in total. The third-order valence-corrected chi connectivity index (χ3v) is 1.63. The molecule has 3 N–H and O–H groups in total. The molecule has 0 atom stereocenters. The highest BCUT2D eigenvalue weighted by molar-refractivity contribution is 7.46. The molecule has 0 heterocycles. The number of alkyl carbamates (subject to hydrolysis) is 1. The molecule has 0 spiro atoms. The van der Waals surface area contributed by atoms with Gasteiger partial charge in [0.15, 0.2) is 0 Å². The number of phosphoric acid groups is 1. The third-order valence-electron chi connectivity index (χ3n) is 1.19. The van der Waals surface area contributed by atoms with Crippen LogP contribution < -0.4 is 5.32 Å². The number of amides is 1. The Labute approximate surface area is 74.3 Å². The molecule has 0 aromatic heterocycles. The molecule has 1 amide bonds. The van der Waals surface area contributed by atoms with E-state index >= 15 is 0 Å². The highest BCUT2D eigenvalue weighted by atomic mass is 31.2. The lowest BCUT2D eigenvalue weighted by Gasteiger charge is -2.06. The van der Waals surface area contributed by atoms with Gasteiger partial charge in [-0.1, -0.05) is 0 Å². The predicted molar refractivity (Wildman–Crippen MR) is 40.1 cm³/mol. The van der Waals surface area contributed by atoms with E-state index in [1.165, 1.54) is 0 Å². The fraction of sp³-hybridized carbons (Fsp3) is 0.600. The van der Waals surface area contributed by atoms with E-state index in [2.05, 4.69) is 14.6 Å². The van der Waals surface area contributed by atoms with Gasteiger partial charge in [0.25, 0.3) is 0 Å². The van der Waals surface area contributed by atoms with Crippen LogP contribution in [0.2, 0.25) is 0 Å². The average Bonchev–Trinajstić information content (AvgIpc) is 2.68. The zero-order valence-electron chi connectivity index (χ0n) is 6.60. The molecule has 0 aromatic carbocycles. The Morgan fingerprint density at radius 3 is 2.62 bits per heavy atom. The number of hydrogen-bond donors (Lipinski definition) is 3. The molecule has 75 valence electrons. The molecular weight excluding hydrogens is 201 g/mol. The van der Waals surface area contributed by atoms with Crippen molar-refractivity contribution >= 4 is 13.9 Å². The number of carbonyl (C=O) groups is 1. The van der Waals surface area contributed by atoms with E-state index in [4.69, 9.17) is 9.79 Å². The largest absolute Gasteiger partial charge is 0.472 e. The van der Waals surface area contributed by atoms with Crippen molar-refractivity contribution in [2.75, 3.05) is 6.79 Å². The number of nitrogens with one attached hydrogen (secondary N) is 1. The number of rotatable bonds is 4. The Kier molecular flexibility index (Phi) is 3.27. The standard InChI is InChI=1S/C5H9NO6P/c7-5(6-4-1-2-4)11-3-12-13(8,9)10/h1-3H2,(H,6,7)(H2,8,9,10). The van der Waals surface area contributed by atoms with Gasteiger partial charge in [-0.05, 0) is 12.8 Å². The predicted octanol–water partition coefficient (Wildman–Crippen LogP) is 0.105. The summed E-state index contributed by atoms with van der Waals surface area (Å²) in [5.74, 6) is 0. The molecule has 0 aliphatic heterocycles. The first-order valence-corrected chi connectivity index (χ1v) is 4.99. The summed E-state index contributed by atoms with van der Waals surface area (Å²) in [6.07, 6.45) is 0.893. The molecule has 0 saturated heterocycles. The monoisotopic (exact) mass is 210 g/mol.